The summed E-state index contributed by atoms with van der Waals surface area (Å²) < 4.78 is 19.4. The van der Waals surface area contributed by atoms with Gasteiger partial charge in [-0.25, -0.2) is 9.37 Å². The van der Waals surface area contributed by atoms with Crippen LogP contribution in [0.3, 0.4) is 0 Å². The molecule has 0 saturated carbocycles. The SMILES string of the molecule is Cl.NC/C(=C/F)COc1ccc2nc3ccccn3c(=O)c2c1. The fourth-order valence-corrected chi connectivity index (χ4v) is 2.13. The lowest BCUT2D eigenvalue weighted by Gasteiger charge is -2.08. The van der Waals surface area contributed by atoms with Crippen molar-refractivity contribution in [2.45, 2.75) is 0 Å². The summed E-state index contributed by atoms with van der Waals surface area (Å²) in [4.78, 5) is 16.9. The third kappa shape index (κ3) is 3.33. The van der Waals surface area contributed by atoms with E-state index in [-0.39, 0.29) is 31.1 Å². The number of hydrogen-bond donors (Lipinski definition) is 1. The number of nitrogens with two attached hydrogens (primary N) is 1. The molecule has 0 fully saturated rings. The lowest BCUT2D eigenvalue weighted by molar-refractivity contribution is 0.348. The molecule has 0 amide bonds. The Morgan fingerprint density at radius 1 is 1.35 bits per heavy atom. The van der Waals surface area contributed by atoms with Crippen molar-refractivity contribution in [1.29, 1.82) is 0 Å². The van der Waals surface area contributed by atoms with Gasteiger partial charge in [-0.3, -0.25) is 9.20 Å². The Kier molecular flexibility index (Phi) is 5.31. The Hall–Kier alpha value is -2.44. The van der Waals surface area contributed by atoms with Gasteiger partial charge in [-0.05, 0) is 30.3 Å². The van der Waals surface area contributed by atoms with E-state index in [0.717, 1.165) is 0 Å². The Morgan fingerprint density at radius 3 is 2.91 bits per heavy atom. The van der Waals surface area contributed by atoms with Crippen LogP contribution in [0.4, 0.5) is 4.39 Å². The van der Waals surface area contributed by atoms with Crippen molar-refractivity contribution >= 4 is 29.0 Å². The second-order valence-electron chi connectivity index (χ2n) is 4.78. The van der Waals surface area contributed by atoms with Gasteiger partial charge in [-0.1, -0.05) is 6.07 Å². The van der Waals surface area contributed by atoms with Crippen molar-refractivity contribution in [3.63, 3.8) is 0 Å². The van der Waals surface area contributed by atoms with Crippen LogP contribution in [-0.2, 0) is 0 Å². The van der Waals surface area contributed by atoms with Crippen LogP contribution < -0.4 is 16.0 Å². The summed E-state index contributed by atoms with van der Waals surface area (Å²) in [5.74, 6) is 0.468. The van der Waals surface area contributed by atoms with E-state index in [9.17, 15) is 9.18 Å². The number of pyridine rings is 1. The average molecular weight is 336 g/mol. The van der Waals surface area contributed by atoms with Crippen LogP contribution in [-0.4, -0.2) is 22.5 Å². The zero-order valence-electron chi connectivity index (χ0n) is 12.1. The fourth-order valence-electron chi connectivity index (χ4n) is 2.13. The Bertz CT molecular complexity index is 924. The molecular weight excluding hydrogens is 321 g/mol. The number of benzene rings is 1. The van der Waals surface area contributed by atoms with Crippen LogP contribution in [0.1, 0.15) is 0 Å². The molecule has 2 aromatic heterocycles. The maximum absolute atomic E-state index is 12.5. The van der Waals surface area contributed by atoms with Crippen molar-refractivity contribution in [2.75, 3.05) is 13.2 Å². The number of aromatic nitrogens is 2. The second-order valence-corrected chi connectivity index (χ2v) is 4.78. The predicted octanol–water partition coefficient (Wildman–Crippen LogP) is 2.46. The zero-order valence-corrected chi connectivity index (χ0v) is 12.9. The molecule has 3 aromatic rings. The molecule has 120 valence electrons. The summed E-state index contributed by atoms with van der Waals surface area (Å²) in [7, 11) is 0. The number of hydrogen-bond acceptors (Lipinski definition) is 4. The molecule has 0 atom stereocenters. The first-order chi connectivity index (χ1) is 10.7. The van der Waals surface area contributed by atoms with E-state index in [4.69, 9.17) is 10.5 Å². The first-order valence-electron chi connectivity index (χ1n) is 6.75. The van der Waals surface area contributed by atoms with Crippen molar-refractivity contribution in [3.05, 3.63) is 64.9 Å². The highest BCUT2D eigenvalue weighted by Gasteiger charge is 2.07. The molecule has 0 aliphatic heterocycles. The van der Waals surface area contributed by atoms with Crippen molar-refractivity contribution in [1.82, 2.24) is 9.38 Å². The third-order valence-electron chi connectivity index (χ3n) is 3.33. The van der Waals surface area contributed by atoms with Crippen LogP contribution in [0.5, 0.6) is 5.75 Å². The minimum Gasteiger partial charge on any atom is -0.489 e. The summed E-state index contributed by atoms with van der Waals surface area (Å²) in [6.07, 6.45) is 2.10. The van der Waals surface area contributed by atoms with E-state index in [0.29, 0.717) is 34.2 Å². The zero-order chi connectivity index (χ0) is 15.5. The normalized spacial score (nSPS) is 11.5. The highest BCUT2D eigenvalue weighted by Crippen LogP contribution is 2.18. The molecule has 3 rings (SSSR count). The molecular formula is C16H15ClFN3O2. The molecule has 1 aromatic carbocycles. The van der Waals surface area contributed by atoms with E-state index < -0.39 is 0 Å². The number of fused-ring (bicyclic) bond motifs is 2. The van der Waals surface area contributed by atoms with Crippen molar-refractivity contribution in [3.8, 4) is 5.75 Å². The minimum absolute atomic E-state index is 0. The van der Waals surface area contributed by atoms with Crippen LogP contribution in [0, 0.1) is 0 Å². The predicted molar refractivity (Wildman–Crippen MR) is 90.0 cm³/mol. The fraction of sp³-hybridized carbons (Fsp3) is 0.125. The Labute approximate surface area is 137 Å². The molecule has 2 heterocycles. The van der Waals surface area contributed by atoms with Gasteiger partial charge in [-0.15, -0.1) is 12.4 Å². The van der Waals surface area contributed by atoms with Gasteiger partial charge in [0.15, 0.2) is 0 Å². The molecule has 0 aliphatic carbocycles. The summed E-state index contributed by atoms with van der Waals surface area (Å²) in [5, 5.41) is 0.444. The van der Waals surface area contributed by atoms with Gasteiger partial charge < -0.3 is 10.5 Å². The van der Waals surface area contributed by atoms with Gasteiger partial charge in [0.25, 0.3) is 5.56 Å². The first-order valence-corrected chi connectivity index (χ1v) is 6.75. The van der Waals surface area contributed by atoms with E-state index in [1.165, 1.54) is 4.40 Å². The number of ether oxygens (including phenoxy) is 1. The van der Waals surface area contributed by atoms with E-state index in [2.05, 4.69) is 4.98 Å². The highest BCUT2D eigenvalue weighted by molar-refractivity contribution is 5.85. The lowest BCUT2D eigenvalue weighted by atomic mass is 10.2. The summed E-state index contributed by atoms with van der Waals surface area (Å²) in [5.41, 5.74) is 6.71. The van der Waals surface area contributed by atoms with Crippen LogP contribution in [0.15, 0.2) is 59.3 Å². The molecule has 0 saturated heterocycles. The van der Waals surface area contributed by atoms with Gasteiger partial charge >= 0.3 is 0 Å². The molecule has 23 heavy (non-hydrogen) atoms. The summed E-state index contributed by atoms with van der Waals surface area (Å²) in [6.45, 7) is 0.125. The van der Waals surface area contributed by atoms with E-state index in [1.54, 1.807) is 36.5 Å². The number of halogens is 2. The maximum atomic E-state index is 12.5. The van der Waals surface area contributed by atoms with Gasteiger partial charge in [0.2, 0.25) is 0 Å². The number of nitrogens with zero attached hydrogens (tertiary/aromatic N) is 2. The van der Waals surface area contributed by atoms with Crippen molar-refractivity contribution in [2.24, 2.45) is 5.73 Å². The maximum Gasteiger partial charge on any atom is 0.265 e. The molecule has 0 spiro atoms. The highest BCUT2D eigenvalue weighted by atomic mass is 35.5. The smallest absolute Gasteiger partial charge is 0.265 e. The standard InChI is InChI=1S/C16H14FN3O2.ClH/c17-8-11(9-18)10-22-12-4-5-14-13(7-12)16(21)20-6-2-1-3-15(20)19-14;/h1-8H,9-10,18H2;1H/b11-8-;. The molecule has 5 nitrogen and oxygen atoms in total. The third-order valence-corrected chi connectivity index (χ3v) is 3.33. The summed E-state index contributed by atoms with van der Waals surface area (Å²) in [6, 6.07) is 10.4. The largest absolute Gasteiger partial charge is 0.489 e. The van der Waals surface area contributed by atoms with E-state index in [1.807, 2.05) is 6.07 Å². The molecule has 0 unspecified atom stereocenters. The first kappa shape index (κ1) is 16.9. The average Bonchev–Trinajstić information content (AvgIpc) is 2.56. The minimum atomic E-state index is -0.175. The van der Waals surface area contributed by atoms with E-state index >= 15 is 0 Å². The molecule has 0 aliphatic rings. The van der Waals surface area contributed by atoms with Gasteiger partial charge in [0.05, 0.1) is 17.2 Å². The van der Waals surface area contributed by atoms with Gasteiger partial charge in [0.1, 0.15) is 18.0 Å². The second kappa shape index (κ2) is 7.21. The van der Waals surface area contributed by atoms with Crippen LogP contribution >= 0.6 is 12.4 Å². The molecule has 0 bridgehead atoms. The Morgan fingerprint density at radius 2 is 2.17 bits per heavy atom. The topological polar surface area (TPSA) is 69.6 Å². The molecule has 0 radical (unpaired) electrons. The van der Waals surface area contributed by atoms with Crippen LogP contribution in [0.25, 0.3) is 16.6 Å². The summed E-state index contributed by atoms with van der Waals surface area (Å²) >= 11 is 0. The van der Waals surface area contributed by atoms with Crippen LogP contribution in [0.2, 0.25) is 0 Å². The molecule has 7 heteroatoms. The monoisotopic (exact) mass is 335 g/mol. The van der Waals surface area contributed by atoms with Crippen molar-refractivity contribution < 1.29 is 9.13 Å². The number of rotatable bonds is 4. The quantitative estimate of drug-likeness (QED) is 0.744. The lowest BCUT2D eigenvalue weighted by Crippen LogP contribution is -2.15. The van der Waals surface area contributed by atoms with Gasteiger partial charge in [-0.2, -0.15) is 0 Å². The molecule has 2 N–H and O–H groups in total. The Balaban J connectivity index is 0.00000192. The van der Waals surface area contributed by atoms with Gasteiger partial charge in [0, 0.05) is 18.3 Å².